The molecule has 1 aromatic carbocycles. The fourth-order valence-electron chi connectivity index (χ4n) is 1.73. The first kappa shape index (κ1) is 12.4. The van der Waals surface area contributed by atoms with Crippen LogP contribution in [0.5, 0.6) is 0 Å². The second-order valence-electron chi connectivity index (χ2n) is 5.33. The van der Waals surface area contributed by atoms with Gasteiger partial charge in [-0.15, -0.1) is 0 Å². The minimum Gasteiger partial charge on any atom is -0.399 e. The van der Waals surface area contributed by atoms with Gasteiger partial charge in [0.1, 0.15) is 0 Å². The van der Waals surface area contributed by atoms with Crippen molar-refractivity contribution in [3.8, 4) is 0 Å². The van der Waals surface area contributed by atoms with E-state index in [2.05, 4.69) is 5.48 Å². The third-order valence-corrected chi connectivity index (χ3v) is 3.54. The second-order valence-corrected chi connectivity index (χ2v) is 5.33. The summed E-state index contributed by atoms with van der Waals surface area (Å²) in [5.41, 5.74) is 2.94. The van der Waals surface area contributed by atoms with E-state index in [-0.39, 0.29) is 11.2 Å². The van der Waals surface area contributed by atoms with Crippen molar-refractivity contribution in [1.82, 2.24) is 0 Å². The number of hydrogen-bond acceptors (Lipinski definition) is 4. The minimum atomic E-state index is -0.395. The molecule has 5 heteroatoms. The maximum Gasteiger partial charge on any atom is 0.494 e. The van der Waals surface area contributed by atoms with Crippen molar-refractivity contribution in [2.45, 2.75) is 38.9 Å². The lowest BCUT2D eigenvalue weighted by molar-refractivity contribution is 0.00578. The summed E-state index contributed by atoms with van der Waals surface area (Å²) in [4.78, 5) is 0. The van der Waals surface area contributed by atoms with Crippen molar-refractivity contribution in [3.63, 3.8) is 0 Å². The maximum atomic E-state index is 8.88. The van der Waals surface area contributed by atoms with Gasteiger partial charge < -0.3 is 9.31 Å². The molecule has 92 valence electrons. The third-order valence-electron chi connectivity index (χ3n) is 3.54. The van der Waals surface area contributed by atoms with Crippen LogP contribution in [0.4, 0.5) is 5.69 Å². The maximum absolute atomic E-state index is 8.88. The Labute approximate surface area is 102 Å². The molecular formula is C12H18BNO3. The van der Waals surface area contributed by atoms with Gasteiger partial charge in [-0.25, -0.2) is 0 Å². The molecule has 0 radical (unpaired) electrons. The molecule has 0 spiro atoms. The molecule has 0 saturated carbocycles. The van der Waals surface area contributed by atoms with Crippen LogP contribution in [0.3, 0.4) is 0 Å². The first-order valence-corrected chi connectivity index (χ1v) is 5.71. The van der Waals surface area contributed by atoms with Gasteiger partial charge in [0.15, 0.2) is 0 Å². The van der Waals surface area contributed by atoms with E-state index < -0.39 is 7.12 Å². The first-order valence-electron chi connectivity index (χ1n) is 5.71. The van der Waals surface area contributed by atoms with Crippen molar-refractivity contribution in [1.29, 1.82) is 0 Å². The van der Waals surface area contributed by atoms with Crippen molar-refractivity contribution >= 4 is 18.3 Å². The Balaban J connectivity index is 2.25. The zero-order valence-electron chi connectivity index (χ0n) is 10.7. The molecule has 1 aliphatic heterocycles. The average Bonchev–Trinajstić information content (AvgIpc) is 2.48. The van der Waals surface area contributed by atoms with Crippen LogP contribution in [0.1, 0.15) is 27.7 Å². The molecule has 1 saturated heterocycles. The molecule has 1 fully saturated rings. The first-order chi connectivity index (χ1) is 7.86. The summed E-state index contributed by atoms with van der Waals surface area (Å²) in [6, 6.07) is 7.35. The van der Waals surface area contributed by atoms with E-state index in [1.165, 1.54) is 0 Å². The normalized spacial score (nSPS) is 21.6. The van der Waals surface area contributed by atoms with Crippen LogP contribution in [0.15, 0.2) is 24.3 Å². The third kappa shape index (κ3) is 2.18. The lowest BCUT2D eigenvalue weighted by Crippen LogP contribution is -2.41. The van der Waals surface area contributed by atoms with Gasteiger partial charge in [-0.05, 0) is 45.3 Å². The highest BCUT2D eigenvalue weighted by Gasteiger charge is 2.51. The molecule has 0 bridgehead atoms. The lowest BCUT2D eigenvalue weighted by Gasteiger charge is -2.32. The van der Waals surface area contributed by atoms with E-state index in [0.29, 0.717) is 5.69 Å². The predicted octanol–water partition coefficient (Wildman–Crippen LogP) is 1.79. The number of nitrogens with one attached hydrogen (secondary N) is 1. The topological polar surface area (TPSA) is 50.7 Å². The predicted molar refractivity (Wildman–Crippen MR) is 67.6 cm³/mol. The quantitative estimate of drug-likeness (QED) is 0.606. The summed E-state index contributed by atoms with van der Waals surface area (Å²) in [5.74, 6) is 0. The van der Waals surface area contributed by atoms with Crippen LogP contribution >= 0.6 is 0 Å². The van der Waals surface area contributed by atoms with Crippen LogP contribution in [-0.4, -0.2) is 23.5 Å². The molecule has 1 aromatic rings. The molecule has 4 nitrogen and oxygen atoms in total. The fourth-order valence-corrected chi connectivity index (χ4v) is 1.73. The highest BCUT2D eigenvalue weighted by molar-refractivity contribution is 6.62. The monoisotopic (exact) mass is 235 g/mol. The molecule has 2 N–H and O–H groups in total. The largest absolute Gasteiger partial charge is 0.494 e. The van der Waals surface area contributed by atoms with Crippen LogP contribution in [0, 0.1) is 0 Å². The van der Waals surface area contributed by atoms with Crippen LogP contribution in [0.2, 0.25) is 0 Å². The van der Waals surface area contributed by atoms with E-state index in [1.54, 1.807) is 6.07 Å². The molecule has 0 aliphatic carbocycles. The molecular weight excluding hydrogens is 217 g/mol. The van der Waals surface area contributed by atoms with Gasteiger partial charge in [0.25, 0.3) is 0 Å². The number of hydrogen-bond donors (Lipinski definition) is 2. The van der Waals surface area contributed by atoms with E-state index >= 15 is 0 Å². The Bertz CT molecular complexity index is 404. The molecule has 17 heavy (non-hydrogen) atoms. The molecule has 0 amide bonds. The van der Waals surface area contributed by atoms with Crippen LogP contribution < -0.4 is 10.9 Å². The lowest BCUT2D eigenvalue weighted by atomic mass is 9.79. The Hall–Kier alpha value is -1.04. The average molecular weight is 235 g/mol. The van der Waals surface area contributed by atoms with Crippen molar-refractivity contribution in [2.24, 2.45) is 0 Å². The molecule has 1 heterocycles. The summed E-state index contributed by atoms with van der Waals surface area (Å²) >= 11 is 0. The van der Waals surface area contributed by atoms with E-state index in [9.17, 15) is 0 Å². The number of anilines is 1. The summed E-state index contributed by atoms with van der Waals surface area (Å²) < 4.78 is 11.8. The molecule has 0 aromatic heterocycles. The smallest absolute Gasteiger partial charge is 0.399 e. The van der Waals surface area contributed by atoms with Gasteiger partial charge in [0.2, 0.25) is 0 Å². The van der Waals surface area contributed by atoms with Gasteiger partial charge in [0.05, 0.1) is 16.9 Å². The van der Waals surface area contributed by atoms with Crippen LogP contribution in [-0.2, 0) is 9.31 Å². The highest BCUT2D eigenvalue weighted by Crippen LogP contribution is 2.36. The van der Waals surface area contributed by atoms with Crippen molar-refractivity contribution in [3.05, 3.63) is 24.3 Å². The van der Waals surface area contributed by atoms with E-state index in [0.717, 1.165) is 5.46 Å². The van der Waals surface area contributed by atoms with Crippen LogP contribution in [0.25, 0.3) is 0 Å². The van der Waals surface area contributed by atoms with Crippen molar-refractivity contribution in [2.75, 3.05) is 5.48 Å². The minimum absolute atomic E-state index is 0.347. The Morgan fingerprint density at radius 2 is 1.71 bits per heavy atom. The standard InChI is InChI=1S/C12H18BNO3/c1-11(2)12(3,4)17-13(16-11)9-6-5-7-10(8-9)14-15/h5-8,14-15H,1-4H3. The SMILES string of the molecule is CC1(C)OB(c2cccc(NO)c2)OC1(C)C. The number of benzene rings is 1. The van der Waals surface area contributed by atoms with Gasteiger partial charge >= 0.3 is 7.12 Å². The van der Waals surface area contributed by atoms with Gasteiger partial charge in [-0.2, -0.15) is 0 Å². The summed E-state index contributed by atoms with van der Waals surface area (Å²) in [7, 11) is -0.395. The van der Waals surface area contributed by atoms with Gasteiger partial charge in [-0.1, -0.05) is 12.1 Å². The fraction of sp³-hybridized carbons (Fsp3) is 0.500. The van der Waals surface area contributed by atoms with E-state index in [1.807, 2.05) is 45.9 Å². The second kappa shape index (κ2) is 4.01. The van der Waals surface area contributed by atoms with E-state index in [4.69, 9.17) is 14.5 Å². The van der Waals surface area contributed by atoms with Crippen molar-refractivity contribution < 1.29 is 14.5 Å². The Morgan fingerprint density at radius 3 is 2.24 bits per heavy atom. The molecule has 0 unspecified atom stereocenters. The van der Waals surface area contributed by atoms with Gasteiger partial charge in [-0.3, -0.25) is 10.7 Å². The number of rotatable bonds is 2. The molecule has 0 atom stereocenters. The zero-order valence-corrected chi connectivity index (χ0v) is 10.7. The Morgan fingerprint density at radius 1 is 1.12 bits per heavy atom. The van der Waals surface area contributed by atoms with Gasteiger partial charge in [0, 0.05) is 0 Å². The molecule has 2 rings (SSSR count). The molecule has 1 aliphatic rings. The Kier molecular flexibility index (Phi) is 2.93. The summed E-state index contributed by atoms with van der Waals surface area (Å²) in [5, 5.41) is 8.88. The summed E-state index contributed by atoms with van der Waals surface area (Å²) in [6.07, 6.45) is 0. The highest BCUT2D eigenvalue weighted by atomic mass is 16.7. The zero-order chi connectivity index (χ0) is 12.7. The summed E-state index contributed by atoms with van der Waals surface area (Å²) in [6.45, 7) is 8.06.